The Labute approximate surface area is 95.2 Å². The van der Waals surface area contributed by atoms with Crippen molar-refractivity contribution in [3.8, 4) is 0 Å². The van der Waals surface area contributed by atoms with Crippen LogP contribution in [0, 0.1) is 9.39 Å². The highest BCUT2D eigenvalue weighted by Crippen LogP contribution is 2.25. The Morgan fingerprint density at radius 2 is 2.08 bits per heavy atom. The summed E-state index contributed by atoms with van der Waals surface area (Å²) in [6, 6.07) is 2.99. The van der Waals surface area contributed by atoms with Crippen molar-refractivity contribution >= 4 is 52.3 Å². The SMILES string of the molecule is CNc1c(F)cc(Cl)cc1I.Cl. The summed E-state index contributed by atoms with van der Waals surface area (Å²) >= 11 is 7.63. The van der Waals surface area contributed by atoms with Gasteiger partial charge in [-0.05, 0) is 34.7 Å². The molecule has 1 nitrogen and oxygen atoms in total. The Hall–Kier alpha value is 0.260. The van der Waals surface area contributed by atoms with Gasteiger partial charge in [-0.2, -0.15) is 0 Å². The number of hydrogen-bond acceptors (Lipinski definition) is 1. The fraction of sp³-hybridized carbons (Fsp3) is 0.143. The lowest BCUT2D eigenvalue weighted by molar-refractivity contribution is 0.630. The first kappa shape index (κ1) is 12.3. The maximum absolute atomic E-state index is 13.0. The molecule has 1 N–H and O–H groups in total. The van der Waals surface area contributed by atoms with Gasteiger partial charge in [-0.3, -0.25) is 0 Å². The Morgan fingerprint density at radius 1 is 1.50 bits per heavy atom. The van der Waals surface area contributed by atoms with E-state index in [2.05, 4.69) is 5.32 Å². The second-order valence-electron chi connectivity index (χ2n) is 1.99. The van der Waals surface area contributed by atoms with Crippen molar-refractivity contribution in [3.05, 3.63) is 26.5 Å². The molecular weight excluding hydrogens is 315 g/mol. The molecule has 0 saturated heterocycles. The van der Waals surface area contributed by atoms with Crippen LogP contribution in [-0.4, -0.2) is 7.05 Å². The van der Waals surface area contributed by atoms with Crippen LogP contribution in [0.3, 0.4) is 0 Å². The molecule has 0 aliphatic heterocycles. The highest BCUT2D eigenvalue weighted by Gasteiger charge is 2.05. The van der Waals surface area contributed by atoms with E-state index in [1.54, 1.807) is 13.1 Å². The van der Waals surface area contributed by atoms with Gasteiger partial charge in [0.05, 0.1) is 5.69 Å². The highest BCUT2D eigenvalue weighted by atomic mass is 127. The van der Waals surface area contributed by atoms with E-state index in [-0.39, 0.29) is 18.2 Å². The molecule has 0 aliphatic carbocycles. The molecule has 0 spiro atoms. The highest BCUT2D eigenvalue weighted by molar-refractivity contribution is 14.1. The number of benzene rings is 1. The van der Waals surface area contributed by atoms with Gasteiger partial charge in [0.25, 0.3) is 0 Å². The van der Waals surface area contributed by atoms with Crippen molar-refractivity contribution in [1.82, 2.24) is 0 Å². The van der Waals surface area contributed by atoms with Crippen LogP contribution in [0.25, 0.3) is 0 Å². The zero-order chi connectivity index (χ0) is 8.43. The van der Waals surface area contributed by atoms with Crippen LogP contribution < -0.4 is 5.32 Å². The van der Waals surface area contributed by atoms with Gasteiger partial charge in [0.1, 0.15) is 5.82 Å². The van der Waals surface area contributed by atoms with Crippen LogP contribution in [0.4, 0.5) is 10.1 Å². The Bertz CT molecular complexity index is 257. The minimum Gasteiger partial charge on any atom is -0.385 e. The molecule has 68 valence electrons. The van der Waals surface area contributed by atoms with Crippen LogP contribution in [0.2, 0.25) is 5.02 Å². The van der Waals surface area contributed by atoms with Gasteiger partial charge < -0.3 is 5.32 Å². The van der Waals surface area contributed by atoms with Crippen molar-refractivity contribution in [2.45, 2.75) is 0 Å². The summed E-state index contributed by atoms with van der Waals surface area (Å²) < 4.78 is 13.7. The molecule has 1 rings (SSSR count). The van der Waals surface area contributed by atoms with Gasteiger partial charge in [0.15, 0.2) is 0 Å². The van der Waals surface area contributed by atoms with E-state index in [0.29, 0.717) is 10.7 Å². The standard InChI is InChI=1S/C7H6ClFIN.ClH/c1-11-7-5(9)2-4(8)3-6(7)10;/h2-3,11H,1H3;1H. The van der Waals surface area contributed by atoms with Gasteiger partial charge in [-0.25, -0.2) is 4.39 Å². The Kier molecular flexibility index (Phi) is 5.20. The smallest absolute Gasteiger partial charge is 0.148 e. The maximum atomic E-state index is 13.0. The average Bonchev–Trinajstić information content (AvgIpc) is 1.85. The van der Waals surface area contributed by atoms with E-state index in [1.165, 1.54) is 6.07 Å². The van der Waals surface area contributed by atoms with E-state index >= 15 is 0 Å². The van der Waals surface area contributed by atoms with E-state index < -0.39 is 0 Å². The zero-order valence-corrected chi connectivity index (χ0v) is 9.93. The minimum absolute atomic E-state index is 0. The molecule has 1 aromatic carbocycles. The molecule has 0 unspecified atom stereocenters. The van der Waals surface area contributed by atoms with Crippen molar-refractivity contribution in [3.63, 3.8) is 0 Å². The van der Waals surface area contributed by atoms with E-state index in [4.69, 9.17) is 11.6 Å². The summed E-state index contributed by atoms with van der Waals surface area (Å²) in [5.41, 5.74) is 0.495. The quantitative estimate of drug-likeness (QED) is 0.780. The molecule has 0 amide bonds. The number of anilines is 1. The second-order valence-corrected chi connectivity index (χ2v) is 3.59. The second kappa shape index (κ2) is 5.09. The van der Waals surface area contributed by atoms with Crippen LogP contribution in [0.5, 0.6) is 0 Å². The van der Waals surface area contributed by atoms with Crippen molar-refractivity contribution < 1.29 is 4.39 Å². The van der Waals surface area contributed by atoms with Crippen molar-refractivity contribution in [1.29, 1.82) is 0 Å². The predicted molar refractivity (Wildman–Crippen MR) is 60.9 cm³/mol. The fourth-order valence-corrected chi connectivity index (χ4v) is 2.03. The lowest BCUT2D eigenvalue weighted by Crippen LogP contribution is -1.95. The zero-order valence-electron chi connectivity index (χ0n) is 6.20. The lowest BCUT2D eigenvalue weighted by Gasteiger charge is -2.04. The third-order valence-corrected chi connectivity index (χ3v) is 2.33. The maximum Gasteiger partial charge on any atom is 0.148 e. The summed E-state index contributed by atoms with van der Waals surface area (Å²) in [4.78, 5) is 0. The van der Waals surface area contributed by atoms with Crippen molar-refractivity contribution in [2.75, 3.05) is 12.4 Å². The normalized spacial score (nSPS) is 9.00. The topological polar surface area (TPSA) is 12.0 Å². The predicted octanol–water partition coefficient (Wildman–Crippen LogP) is 3.55. The molecule has 0 heterocycles. The summed E-state index contributed by atoms with van der Waals surface area (Å²) in [5, 5.41) is 3.17. The average molecular weight is 322 g/mol. The lowest BCUT2D eigenvalue weighted by atomic mass is 10.3. The summed E-state index contributed by atoms with van der Waals surface area (Å²) in [7, 11) is 1.68. The molecule has 0 bridgehead atoms. The summed E-state index contributed by atoms with van der Waals surface area (Å²) in [6.45, 7) is 0. The summed E-state index contributed by atoms with van der Waals surface area (Å²) in [6.07, 6.45) is 0. The molecule has 0 saturated carbocycles. The van der Waals surface area contributed by atoms with Crippen LogP contribution >= 0.6 is 46.6 Å². The van der Waals surface area contributed by atoms with Crippen LogP contribution in [-0.2, 0) is 0 Å². The third kappa shape index (κ3) is 2.64. The largest absolute Gasteiger partial charge is 0.385 e. The number of nitrogens with one attached hydrogen (secondary N) is 1. The minimum atomic E-state index is -0.315. The third-order valence-electron chi connectivity index (χ3n) is 1.26. The van der Waals surface area contributed by atoms with Gasteiger partial charge in [0, 0.05) is 15.6 Å². The van der Waals surface area contributed by atoms with E-state index in [9.17, 15) is 4.39 Å². The van der Waals surface area contributed by atoms with Crippen molar-refractivity contribution in [2.24, 2.45) is 0 Å². The van der Waals surface area contributed by atoms with Gasteiger partial charge in [-0.1, -0.05) is 11.6 Å². The molecule has 0 fully saturated rings. The van der Waals surface area contributed by atoms with Gasteiger partial charge in [0.2, 0.25) is 0 Å². The van der Waals surface area contributed by atoms with Gasteiger partial charge in [-0.15, -0.1) is 12.4 Å². The monoisotopic (exact) mass is 321 g/mol. The Morgan fingerprint density at radius 3 is 2.50 bits per heavy atom. The number of halogens is 4. The molecule has 0 atom stereocenters. The Balaban J connectivity index is 0.00000121. The molecule has 12 heavy (non-hydrogen) atoms. The molecule has 0 aliphatic rings. The molecule has 1 aromatic rings. The first-order chi connectivity index (χ1) is 5.15. The number of rotatable bonds is 1. The first-order valence-corrected chi connectivity index (χ1v) is 4.43. The van der Waals surface area contributed by atoms with Crippen LogP contribution in [0.15, 0.2) is 12.1 Å². The molecule has 0 radical (unpaired) electrons. The summed E-state index contributed by atoms with van der Waals surface area (Å²) in [5.74, 6) is -0.315. The van der Waals surface area contributed by atoms with Gasteiger partial charge >= 0.3 is 0 Å². The molecule has 5 heteroatoms. The van der Waals surface area contributed by atoms with Crippen LogP contribution in [0.1, 0.15) is 0 Å². The molecule has 0 aromatic heterocycles. The fourth-order valence-electron chi connectivity index (χ4n) is 0.781. The van der Waals surface area contributed by atoms with E-state index in [0.717, 1.165) is 3.57 Å². The van der Waals surface area contributed by atoms with E-state index in [1.807, 2.05) is 22.6 Å². The number of hydrogen-bond donors (Lipinski definition) is 1. The first-order valence-electron chi connectivity index (χ1n) is 2.97. The molecular formula is C7H7Cl2FIN.